The molecule has 0 fully saturated rings. The average molecular weight is 277 g/mol. The van der Waals surface area contributed by atoms with E-state index in [1.165, 1.54) is 6.07 Å². The lowest BCUT2D eigenvalue weighted by Gasteiger charge is -2.32. The molecule has 7 heteroatoms. The van der Waals surface area contributed by atoms with E-state index in [1.54, 1.807) is 6.92 Å². The van der Waals surface area contributed by atoms with Gasteiger partial charge in [-0.2, -0.15) is 0 Å². The van der Waals surface area contributed by atoms with Crippen molar-refractivity contribution >= 4 is 34.8 Å². The average Bonchev–Trinajstić information content (AvgIpc) is 2.22. The number of rotatable bonds is 4. The zero-order chi connectivity index (χ0) is 13.2. The van der Waals surface area contributed by atoms with Crippen LogP contribution in [0.25, 0.3) is 0 Å². The molecule has 94 valence electrons. The quantitative estimate of drug-likeness (QED) is 0.883. The molecule has 1 heterocycles. The van der Waals surface area contributed by atoms with Crippen molar-refractivity contribution in [3.63, 3.8) is 0 Å². The predicted molar refractivity (Wildman–Crippen MR) is 68.1 cm³/mol. The zero-order valence-electron chi connectivity index (χ0n) is 9.79. The van der Waals surface area contributed by atoms with Crippen LogP contribution >= 0.6 is 23.2 Å². The van der Waals surface area contributed by atoms with Crippen LogP contribution < -0.4 is 11.1 Å². The van der Waals surface area contributed by atoms with Gasteiger partial charge in [-0.25, -0.2) is 0 Å². The third-order valence-electron chi connectivity index (χ3n) is 2.78. The van der Waals surface area contributed by atoms with Crippen molar-refractivity contribution in [3.8, 4) is 0 Å². The Bertz CT molecular complexity index is 438. The largest absolute Gasteiger partial charge is 0.369 e. The summed E-state index contributed by atoms with van der Waals surface area (Å²) in [6, 6.07) is 1.50. The highest BCUT2D eigenvalue weighted by Gasteiger charge is 2.35. The van der Waals surface area contributed by atoms with Crippen molar-refractivity contribution in [1.82, 2.24) is 10.2 Å². The monoisotopic (exact) mass is 276 g/mol. The summed E-state index contributed by atoms with van der Waals surface area (Å²) < 4.78 is 0. The molecule has 1 aromatic rings. The van der Waals surface area contributed by atoms with Gasteiger partial charge in [0.2, 0.25) is 5.91 Å². The van der Waals surface area contributed by atoms with Gasteiger partial charge in [0.05, 0.1) is 5.69 Å². The lowest BCUT2D eigenvalue weighted by atomic mass is 9.87. The summed E-state index contributed by atoms with van der Waals surface area (Å²) in [5, 5.41) is 10.5. The van der Waals surface area contributed by atoms with Gasteiger partial charge in [-0.3, -0.25) is 4.79 Å². The molecule has 0 saturated heterocycles. The Labute approximate surface area is 110 Å². The number of nitrogens with one attached hydrogen (secondary N) is 1. The lowest BCUT2D eigenvalue weighted by Crippen LogP contribution is -2.52. The van der Waals surface area contributed by atoms with Crippen LogP contribution in [0.3, 0.4) is 0 Å². The molecule has 0 aliphatic rings. The molecular weight excluding hydrogens is 263 g/mol. The first-order valence-electron chi connectivity index (χ1n) is 5.04. The van der Waals surface area contributed by atoms with Gasteiger partial charge in [-0.05, 0) is 12.8 Å². The molecule has 5 nitrogen and oxygen atoms in total. The standard InChI is InChI=1S/C10H14Cl2N4O/c1-5(2)10(3,9(13)17)14-6-4-7(11)15-16-8(6)12/h4-5H,1-3H3,(H2,13,17)(H,14,15). The van der Waals surface area contributed by atoms with E-state index < -0.39 is 11.4 Å². The van der Waals surface area contributed by atoms with Crippen molar-refractivity contribution in [3.05, 3.63) is 16.4 Å². The number of nitrogens with two attached hydrogens (primary N) is 1. The van der Waals surface area contributed by atoms with E-state index >= 15 is 0 Å². The molecule has 0 bridgehead atoms. The van der Waals surface area contributed by atoms with E-state index in [0.29, 0.717) is 5.69 Å². The van der Waals surface area contributed by atoms with E-state index in [9.17, 15) is 4.79 Å². The Hall–Kier alpha value is -1.07. The first-order valence-corrected chi connectivity index (χ1v) is 5.79. The summed E-state index contributed by atoms with van der Waals surface area (Å²) in [5.74, 6) is -0.500. The molecular formula is C10H14Cl2N4O. The first-order chi connectivity index (χ1) is 7.77. The maximum absolute atomic E-state index is 11.5. The van der Waals surface area contributed by atoms with Gasteiger partial charge in [0, 0.05) is 6.07 Å². The number of aromatic nitrogens is 2. The second-order valence-electron chi connectivity index (χ2n) is 4.22. The Morgan fingerprint density at radius 1 is 1.47 bits per heavy atom. The molecule has 17 heavy (non-hydrogen) atoms. The van der Waals surface area contributed by atoms with E-state index in [0.717, 1.165) is 0 Å². The fourth-order valence-electron chi connectivity index (χ4n) is 1.21. The summed E-state index contributed by atoms with van der Waals surface area (Å²) in [6.45, 7) is 5.45. The number of nitrogens with zero attached hydrogens (tertiary/aromatic N) is 2. The van der Waals surface area contributed by atoms with Crippen LogP contribution in [0.1, 0.15) is 20.8 Å². The molecule has 0 aliphatic carbocycles. The van der Waals surface area contributed by atoms with Gasteiger partial charge >= 0.3 is 0 Å². The summed E-state index contributed by atoms with van der Waals surface area (Å²) in [4.78, 5) is 11.5. The van der Waals surface area contributed by atoms with E-state index in [2.05, 4.69) is 15.5 Å². The van der Waals surface area contributed by atoms with Crippen molar-refractivity contribution in [1.29, 1.82) is 0 Å². The van der Waals surface area contributed by atoms with E-state index in [-0.39, 0.29) is 16.2 Å². The Morgan fingerprint density at radius 2 is 2.06 bits per heavy atom. The highest BCUT2D eigenvalue weighted by molar-refractivity contribution is 6.33. The van der Waals surface area contributed by atoms with Crippen molar-refractivity contribution in [2.75, 3.05) is 5.32 Å². The Kier molecular flexibility index (Phi) is 4.16. The third kappa shape index (κ3) is 2.98. The summed E-state index contributed by atoms with van der Waals surface area (Å²) in [6.07, 6.45) is 0. The molecule has 1 aromatic heterocycles. The van der Waals surface area contributed by atoms with Crippen LogP contribution in [0, 0.1) is 5.92 Å². The second kappa shape index (κ2) is 5.06. The Morgan fingerprint density at radius 3 is 2.53 bits per heavy atom. The van der Waals surface area contributed by atoms with E-state index in [1.807, 2.05) is 13.8 Å². The summed E-state index contributed by atoms with van der Waals surface area (Å²) >= 11 is 11.6. The lowest BCUT2D eigenvalue weighted by molar-refractivity contribution is -0.123. The van der Waals surface area contributed by atoms with Gasteiger partial charge < -0.3 is 11.1 Å². The second-order valence-corrected chi connectivity index (χ2v) is 4.96. The van der Waals surface area contributed by atoms with Gasteiger partial charge in [0.1, 0.15) is 5.54 Å². The van der Waals surface area contributed by atoms with Crippen LogP contribution in [0.4, 0.5) is 5.69 Å². The highest BCUT2D eigenvalue weighted by atomic mass is 35.5. The molecule has 0 aromatic carbocycles. The molecule has 0 aliphatic heterocycles. The number of anilines is 1. The smallest absolute Gasteiger partial charge is 0.243 e. The van der Waals surface area contributed by atoms with Crippen LogP contribution in [0.15, 0.2) is 6.07 Å². The Balaban J connectivity index is 3.10. The molecule has 1 unspecified atom stereocenters. The third-order valence-corrected chi connectivity index (χ3v) is 3.24. The SMILES string of the molecule is CC(C)C(C)(Nc1cc(Cl)nnc1Cl)C(N)=O. The number of hydrogen-bond donors (Lipinski definition) is 2. The summed E-state index contributed by atoms with van der Waals surface area (Å²) in [7, 11) is 0. The first kappa shape index (κ1) is 14.0. The van der Waals surface area contributed by atoms with Crippen LogP contribution in [0.2, 0.25) is 10.3 Å². The normalized spacial score (nSPS) is 14.5. The maximum Gasteiger partial charge on any atom is 0.243 e. The number of carbonyl (C=O) groups is 1. The van der Waals surface area contributed by atoms with Crippen LogP contribution in [-0.4, -0.2) is 21.6 Å². The van der Waals surface area contributed by atoms with Crippen molar-refractivity contribution in [2.24, 2.45) is 11.7 Å². The fraction of sp³-hybridized carbons (Fsp3) is 0.500. The minimum atomic E-state index is -0.935. The number of amides is 1. The molecule has 0 saturated carbocycles. The molecule has 0 radical (unpaired) electrons. The zero-order valence-corrected chi connectivity index (χ0v) is 11.3. The maximum atomic E-state index is 11.5. The number of halogens is 2. The summed E-state index contributed by atoms with van der Waals surface area (Å²) in [5.41, 5.74) is 4.89. The molecule has 0 spiro atoms. The topological polar surface area (TPSA) is 80.9 Å². The van der Waals surface area contributed by atoms with Gasteiger partial charge in [0.25, 0.3) is 0 Å². The number of hydrogen-bond acceptors (Lipinski definition) is 4. The molecule has 1 amide bonds. The fourth-order valence-corrected chi connectivity index (χ4v) is 1.50. The van der Waals surface area contributed by atoms with Gasteiger partial charge in [-0.15, -0.1) is 10.2 Å². The van der Waals surface area contributed by atoms with E-state index in [4.69, 9.17) is 28.9 Å². The molecule has 3 N–H and O–H groups in total. The minimum absolute atomic E-state index is 0.0250. The number of primary amides is 1. The van der Waals surface area contributed by atoms with Gasteiger partial charge in [0.15, 0.2) is 10.3 Å². The van der Waals surface area contributed by atoms with Crippen LogP contribution in [0.5, 0.6) is 0 Å². The van der Waals surface area contributed by atoms with Crippen molar-refractivity contribution < 1.29 is 4.79 Å². The molecule has 1 rings (SSSR count). The molecule has 1 atom stereocenters. The van der Waals surface area contributed by atoms with Gasteiger partial charge in [-0.1, -0.05) is 37.0 Å². The minimum Gasteiger partial charge on any atom is -0.369 e. The number of carbonyl (C=O) groups excluding carboxylic acids is 1. The van der Waals surface area contributed by atoms with Crippen molar-refractivity contribution in [2.45, 2.75) is 26.3 Å². The highest BCUT2D eigenvalue weighted by Crippen LogP contribution is 2.28. The van der Waals surface area contributed by atoms with Crippen LogP contribution in [-0.2, 0) is 4.79 Å². The predicted octanol–water partition coefficient (Wildman–Crippen LogP) is 2.10.